The van der Waals surface area contributed by atoms with Crippen molar-refractivity contribution in [3.8, 4) is 0 Å². The number of nitrogens with zero attached hydrogens (tertiary/aromatic N) is 1. The van der Waals surface area contributed by atoms with Crippen molar-refractivity contribution in [2.24, 2.45) is 5.92 Å². The van der Waals surface area contributed by atoms with Crippen LogP contribution in [-0.4, -0.2) is 17.0 Å². The maximum atomic E-state index is 12.2. The molecule has 0 aliphatic heterocycles. The highest BCUT2D eigenvalue weighted by atomic mass is 35.5. The first-order chi connectivity index (χ1) is 9.90. The third-order valence-corrected chi connectivity index (χ3v) is 4.52. The van der Waals surface area contributed by atoms with Gasteiger partial charge < -0.3 is 4.74 Å². The molecule has 7 heteroatoms. The molecule has 0 N–H and O–H groups in total. The number of halogens is 2. The Hall–Kier alpha value is -1.33. The van der Waals surface area contributed by atoms with Crippen LogP contribution in [0.4, 0.5) is 5.69 Å². The summed E-state index contributed by atoms with van der Waals surface area (Å²) in [5.74, 6) is -0.309. The lowest BCUT2D eigenvalue weighted by Gasteiger charge is -2.28. The number of hydrogen-bond donors (Lipinski definition) is 0. The van der Waals surface area contributed by atoms with Crippen LogP contribution in [0.3, 0.4) is 0 Å². The Morgan fingerprint density at radius 1 is 1.33 bits per heavy atom. The van der Waals surface area contributed by atoms with Gasteiger partial charge in [-0.3, -0.25) is 10.1 Å². The van der Waals surface area contributed by atoms with E-state index in [1.54, 1.807) is 0 Å². The summed E-state index contributed by atoms with van der Waals surface area (Å²) < 4.78 is 5.46. The molecule has 21 heavy (non-hydrogen) atoms. The van der Waals surface area contributed by atoms with Gasteiger partial charge >= 0.3 is 5.97 Å². The van der Waals surface area contributed by atoms with Crippen molar-refractivity contribution in [3.63, 3.8) is 0 Å². The van der Waals surface area contributed by atoms with E-state index < -0.39 is 16.6 Å². The lowest BCUT2D eigenvalue weighted by atomic mass is 9.88. The standard InChI is InChI=1S/C14H15Cl2NO4/c1-8-4-2-3-5-12(8)21-14(18)9-6-10(15)13(16)11(7-9)17(19)20/h6-8,12H,2-5H2,1H3. The first-order valence-electron chi connectivity index (χ1n) is 6.74. The normalized spacial score (nSPS) is 21.9. The van der Waals surface area contributed by atoms with Crippen molar-refractivity contribution in [1.29, 1.82) is 0 Å². The molecule has 1 aromatic rings. The van der Waals surface area contributed by atoms with E-state index in [9.17, 15) is 14.9 Å². The minimum absolute atomic E-state index is 0.0329. The lowest BCUT2D eigenvalue weighted by molar-refractivity contribution is -0.384. The molecule has 0 amide bonds. The number of rotatable bonds is 3. The summed E-state index contributed by atoms with van der Waals surface area (Å²) in [6.07, 6.45) is 3.83. The van der Waals surface area contributed by atoms with Crippen molar-refractivity contribution in [2.75, 3.05) is 0 Å². The topological polar surface area (TPSA) is 69.4 Å². The van der Waals surface area contributed by atoms with Crippen LogP contribution in [0.15, 0.2) is 12.1 Å². The third-order valence-electron chi connectivity index (χ3n) is 3.73. The van der Waals surface area contributed by atoms with Gasteiger partial charge in [-0.25, -0.2) is 4.79 Å². The fraction of sp³-hybridized carbons (Fsp3) is 0.500. The second-order valence-corrected chi connectivity index (χ2v) is 6.04. The Morgan fingerprint density at radius 2 is 2.00 bits per heavy atom. The second kappa shape index (κ2) is 6.62. The van der Waals surface area contributed by atoms with Gasteiger partial charge in [0.2, 0.25) is 0 Å². The molecule has 2 unspecified atom stereocenters. The summed E-state index contributed by atoms with van der Waals surface area (Å²) >= 11 is 11.6. The minimum Gasteiger partial charge on any atom is -0.458 e. The fourth-order valence-electron chi connectivity index (χ4n) is 2.49. The highest BCUT2D eigenvalue weighted by molar-refractivity contribution is 6.43. The first-order valence-corrected chi connectivity index (χ1v) is 7.50. The predicted molar refractivity (Wildman–Crippen MR) is 80.0 cm³/mol. The van der Waals surface area contributed by atoms with E-state index in [0.29, 0.717) is 5.92 Å². The molecule has 1 fully saturated rings. The van der Waals surface area contributed by atoms with E-state index >= 15 is 0 Å². The fourth-order valence-corrected chi connectivity index (χ4v) is 2.88. The number of esters is 1. The van der Waals surface area contributed by atoms with E-state index in [1.807, 2.05) is 6.92 Å². The molecule has 2 atom stereocenters. The molecule has 0 radical (unpaired) electrons. The van der Waals surface area contributed by atoms with Crippen LogP contribution in [-0.2, 0) is 4.74 Å². The molecule has 2 rings (SSSR count). The molecule has 114 valence electrons. The Bertz CT molecular complexity index is 576. The molecule has 5 nitrogen and oxygen atoms in total. The average Bonchev–Trinajstić information content (AvgIpc) is 2.43. The van der Waals surface area contributed by atoms with E-state index in [-0.39, 0.29) is 21.7 Å². The predicted octanol–water partition coefficient (Wildman–Crippen LogP) is 4.64. The summed E-state index contributed by atoms with van der Waals surface area (Å²) in [6, 6.07) is 2.40. The summed E-state index contributed by atoms with van der Waals surface area (Å²) in [4.78, 5) is 22.4. The molecule has 0 saturated heterocycles. The number of carbonyl (C=O) groups excluding carboxylic acids is 1. The summed E-state index contributed by atoms with van der Waals surface area (Å²) in [5.41, 5.74) is -0.346. The zero-order chi connectivity index (χ0) is 15.6. The van der Waals surface area contributed by atoms with E-state index in [4.69, 9.17) is 27.9 Å². The maximum Gasteiger partial charge on any atom is 0.338 e. The molecular formula is C14H15Cl2NO4. The minimum atomic E-state index is -0.672. The molecule has 0 bridgehead atoms. The first kappa shape index (κ1) is 16.0. The summed E-state index contributed by atoms with van der Waals surface area (Å²) in [6.45, 7) is 2.04. The largest absolute Gasteiger partial charge is 0.458 e. The van der Waals surface area contributed by atoms with Crippen LogP contribution in [0.2, 0.25) is 10.0 Å². The van der Waals surface area contributed by atoms with Crippen LogP contribution >= 0.6 is 23.2 Å². The Kier molecular flexibility index (Phi) is 5.06. The van der Waals surface area contributed by atoms with Gasteiger partial charge in [-0.2, -0.15) is 0 Å². The Morgan fingerprint density at radius 3 is 2.62 bits per heavy atom. The molecule has 0 heterocycles. The quantitative estimate of drug-likeness (QED) is 0.459. The maximum absolute atomic E-state index is 12.2. The number of carbonyl (C=O) groups is 1. The molecule has 0 aromatic heterocycles. The van der Waals surface area contributed by atoms with Crippen molar-refractivity contribution in [3.05, 3.63) is 37.9 Å². The van der Waals surface area contributed by atoms with Gasteiger partial charge in [0, 0.05) is 6.07 Å². The van der Waals surface area contributed by atoms with Crippen LogP contribution in [0, 0.1) is 16.0 Å². The van der Waals surface area contributed by atoms with Gasteiger partial charge in [0.15, 0.2) is 0 Å². The van der Waals surface area contributed by atoms with E-state index in [2.05, 4.69) is 0 Å². The van der Waals surface area contributed by atoms with Crippen LogP contribution in [0.1, 0.15) is 43.0 Å². The average molecular weight is 332 g/mol. The number of nitro groups is 1. The zero-order valence-electron chi connectivity index (χ0n) is 11.5. The Balaban J connectivity index is 2.21. The number of ether oxygens (including phenoxy) is 1. The van der Waals surface area contributed by atoms with Gasteiger partial charge in [-0.1, -0.05) is 36.5 Å². The van der Waals surface area contributed by atoms with E-state index in [1.165, 1.54) is 6.07 Å². The number of hydrogen-bond acceptors (Lipinski definition) is 4. The third kappa shape index (κ3) is 3.66. The smallest absolute Gasteiger partial charge is 0.338 e. The van der Waals surface area contributed by atoms with Crippen molar-refractivity contribution in [2.45, 2.75) is 38.7 Å². The molecule has 1 aliphatic rings. The molecular weight excluding hydrogens is 317 g/mol. The summed E-state index contributed by atoms with van der Waals surface area (Å²) in [5, 5.41) is 10.7. The lowest BCUT2D eigenvalue weighted by Crippen LogP contribution is -2.28. The monoisotopic (exact) mass is 331 g/mol. The molecule has 1 saturated carbocycles. The van der Waals surface area contributed by atoms with Gasteiger partial charge in [-0.05, 0) is 31.2 Å². The van der Waals surface area contributed by atoms with Gasteiger partial charge in [0.1, 0.15) is 11.1 Å². The summed E-state index contributed by atoms with van der Waals surface area (Å²) in [7, 11) is 0. The van der Waals surface area contributed by atoms with Gasteiger partial charge in [-0.15, -0.1) is 0 Å². The zero-order valence-corrected chi connectivity index (χ0v) is 13.0. The second-order valence-electron chi connectivity index (χ2n) is 5.25. The van der Waals surface area contributed by atoms with Crippen LogP contribution in [0.5, 0.6) is 0 Å². The number of nitro benzene ring substituents is 1. The van der Waals surface area contributed by atoms with Crippen molar-refractivity contribution < 1.29 is 14.5 Å². The highest BCUT2D eigenvalue weighted by Gasteiger charge is 2.27. The SMILES string of the molecule is CC1CCCCC1OC(=O)c1cc(Cl)c(Cl)c([N+](=O)[O-])c1. The number of benzene rings is 1. The Labute approximate surface area is 132 Å². The van der Waals surface area contributed by atoms with E-state index in [0.717, 1.165) is 31.7 Å². The molecule has 0 spiro atoms. The van der Waals surface area contributed by atoms with Gasteiger partial charge in [0.05, 0.1) is 15.5 Å². The highest BCUT2D eigenvalue weighted by Crippen LogP contribution is 2.34. The van der Waals surface area contributed by atoms with Crippen LogP contribution in [0.25, 0.3) is 0 Å². The molecule has 1 aromatic carbocycles. The van der Waals surface area contributed by atoms with Gasteiger partial charge in [0.25, 0.3) is 5.69 Å². The molecule has 1 aliphatic carbocycles. The van der Waals surface area contributed by atoms with Crippen molar-refractivity contribution >= 4 is 34.9 Å². The van der Waals surface area contributed by atoms with Crippen molar-refractivity contribution in [1.82, 2.24) is 0 Å². The van der Waals surface area contributed by atoms with Crippen LogP contribution < -0.4 is 0 Å².